The van der Waals surface area contributed by atoms with Gasteiger partial charge in [-0.25, -0.2) is 4.98 Å². The fourth-order valence-electron chi connectivity index (χ4n) is 1.96. The molecule has 1 aromatic carbocycles. The number of hydrogen-bond donors (Lipinski definition) is 3. The van der Waals surface area contributed by atoms with E-state index in [4.69, 9.17) is 11.6 Å². The molecule has 8 nitrogen and oxygen atoms in total. The summed E-state index contributed by atoms with van der Waals surface area (Å²) in [5.74, 6) is 1.21. The molecular formula is C15H21ClIN7O. The summed E-state index contributed by atoms with van der Waals surface area (Å²) < 4.78 is 1.68. The van der Waals surface area contributed by atoms with Crippen LogP contribution in [0, 0.1) is 0 Å². The van der Waals surface area contributed by atoms with Gasteiger partial charge >= 0.3 is 0 Å². The molecule has 1 aromatic heterocycles. The van der Waals surface area contributed by atoms with Crippen LogP contribution in [0.2, 0.25) is 5.02 Å². The molecule has 10 heteroatoms. The molecule has 0 aliphatic carbocycles. The number of amides is 1. The van der Waals surface area contributed by atoms with E-state index in [1.807, 2.05) is 7.05 Å². The molecule has 0 atom stereocenters. The summed E-state index contributed by atoms with van der Waals surface area (Å²) >= 11 is 5.99. The van der Waals surface area contributed by atoms with Crippen LogP contribution in [0.3, 0.4) is 0 Å². The van der Waals surface area contributed by atoms with Crippen LogP contribution >= 0.6 is 35.6 Å². The van der Waals surface area contributed by atoms with Gasteiger partial charge in [0.2, 0.25) is 0 Å². The van der Waals surface area contributed by atoms with E-state index in [0.29, 0.717) is 36.2 Å². The first kappa shape index (κ1) is 21.2. The van der Waals surface area contributed by atoms with Crippen molar-refractivity contribution < 1.29 is 4.79 Å². The summed E-state index contributed by atoms with van der Waals surface area (Å²) in [6.45, 7) is 1.46. The van der Waals surface area contributed by atoms with E-state index in [1.54, 1.807) is 36.0 Å². The second-order valence-electron chi connectivity index (χ2n) is 4.89. The molecule has 0 fully saturated rings. The highest BCUT2D eigenvalue weighted by Gasteiger charge is 2.08. The normalized spacial score (nSPS) is 10.8. The summed E-state index contributed by atoms with van der Waals surface area (Å²) in [6, 6.07) is 6.93. The minimum atomic E-state index is -0.204. The highest BCUT2D eigenvalue weighted by Crippen LogP contribution is 2.14. The Labute approximate surface area is 168 Å². The molecule has 0 spiro atoms. The number of hydrogen-bond acceptors (Lipinski definition) is 4. The molecule has 136 valence electrons. The lowest BCUT2D eigenvalue weighted by molar-refractivity contribution is 0.0954. The molecule has 0 saturated carbocycles. The number of benzene rings is 1. The molecule has 0 aliphatic heterocycles. The third-order valence-corrected chi connectivity index (χ3v) is 3.59. The lowest BCUT2D eigenvalue weighted by Crippen LogP contribution is -2.41. The molecule has 1 heterocycles. The van der Waals surface area contributed by atoms with Crippen LogP contribution in [0.4, 0.5) is 0 Å². The predicted octanol–water partition coefficient (Wildman–Crippen LogP) is 1.18. The maximum Gasteiger partial charge on any atom is 0.252 e. The predicted molar refractivity (Wildman–Crippen MR) is 108 cm³/mol. The first-order valence-corrected chi connectivity index (χ1v) is 7.79. The zero-order chi connectivity index (χ0) is 17.4. The van der Waals surface area contributed by atoms with Crippen molar-refractivity contribution in [2.24, 2.45) is 12.0 Å². The van der Waals surface area contributed by atoms with E-state index in [9.17, 15) is 4.79 Å². The van der Waals surface area contributed by atoms with E-state index in [0.717, 1.165) is 5.82 Å². The SMILES string of the molecule is CN=C(NCCNC(=O)c1ccccc1Cl)NCc1ncnn1C.I. The Morgan fingerprint density at radius 2 is 1.96 bits per heavy atom. The standard InChI is InChI=1S/C15H20ClN7O.HI/c1-17-15(20-9-13-21-10-22-23(13)2)19-8-7-18-14(24)11-5-3-4-6-12(11)16;/h3-6,10H,7-9H2,1-2H3,(H,18,24)(H2,17,19,20);1H. The van der Waals surface area contributed by atoms with Crippen molar-refractivity contribution in [2.75, 3.05) is 20.1 Å². The van der Waals surface area contributed by atoms with Crippen molar-refractivity contribution in [3.05, 3.63) is 47.0 Å². The fraction of sp³-hybridized carbons (Fsp3) is 0.333. The van der Waals surface area contributed by atoms with Crippen LogP contribution in [0.1, 0.15) is 16.2 Å². The highest BCUT2D eigenvalue weighted by molar-refractivity contribution is 14.0. The lowest BCUT2D eigenvalue weighted by Gasteiger charge is -2.12. The number of guanidine groups is 1. The first-order valence-electron chi connectivity index (χ1n) is 7.42. The van der Waals surface area contributed by atoms with Crippen LogP contribution in [0.5, 0.6) is 0 Å². The molecule has 2 rings (SSSR count). The van der Waals surface area contributed by atoms with E-state index < -0.39 is 0 Å². The van der Waals surface area contributed by atoms with Crippen molar-refractivity contribution in [3.63, 3.8) is 0 Å². The van der Waals surface area contributed by atoms with Crippen LogP contribution < -0.4 is 16.0 Å². The molecule has 0 saturated heterocycles. The van der Waals surface area contributed by atoms with Crippen molar-refractivity contribution in [1.82, 2.24) is 30.7 Å². The summed E-state index contributed by atoms with van der Waals surface area (Å²) in [5, 5.41) is 13.5. The van der Waals surface area contributed by atoms with Crippen molar-refractivity contribution in [2.45, 2.75) is 6.54 Å². The van der Waals surface area contributed by atoms with Crippen molar-refractivity contribution in [1.29, 1.82) is 0 Å². The summed E-state index contributed by atoms with van der Waals surface area (Å²) in [5.41, 5.74) is 0.462. The topological polar surface area (TPSA) is 96.2 Å². The quantitative estimate of drug-likeness (QED) is 0.251. The summed E-state index contributed by atoms with van der Waals surface area (Å²) in [7, 11) is 3.50. The number of carbonyl (C=O) groups excluding carboxylic acids is 1. The molecular weight excluding hydrogens is 457 g/mol. The minimum Gasteiger partial charge on any atom is -0.355 e. The van der Waals surface area contributed by atoms with E-state index >= 15 is 0 Å². The number of carbonyl (C=O) groups is 1. The smallest absolute Gasteiger partial charge is 0.252 e. The zero-order valence-electron chi connectivity index (χ0n) is 14.0. The Balaban J connectivity index is 0.00000312. The first-order chi connectivity index (χ1) is 11.6. The third kappa shape index (κ3) is 6.50. The van der Waals surface area contributed by atoms with Crippen LogP contribution in [-0.4, -0.2) is 46.8 Å². The monoisotopic (exact) mass is 477 g/mol. The Morgan fingerprint density at radius 1 is 1.24 bits per heavy atom. The number of halogens is 2. The molecule has 1 amide bonds. The Hall–Kier alpha value is -1.88. The van der Waals surface area contributed by atoms with Gasteiger partial charge in [-0.05, 0) is 12.1 Å². The van der Waals surface area contributed by atoms with Gasteiger partial charge < -0.3 is 16.0 Å². The zero-order valence-corrected chi connectivity index (χ0v) is 17.1. The van der Waals surface area contributed by atoms with Gasteiger partial charge in [-0.1, -0.05) is 23.7 Å². The summed E-state index contributed by atoms with van der Waals surface area (Å²) in [4.78, 5) is 20.2. The Morgan fingerprint density at radius 3 is 2.60 bits per heavy atom. The van der Waals surface area contributed by atoms with Gasteiger partial charge in [0.05, 0.1) is 17.1 Å². The molecule has 0 unspecified atom stereocenters. The van der Waals surface area contributed by atoms with E-state index in [-0.39, 0.29) is 29.9 Å². The molecule has 0 bridgehead atoms. The number of aliphatic imine (C=N–C) groups is 1. The molecule has 3 N–H and O–H groups in total. The Kier molecular flexibility index (Phi) is 9.21. The number of nitrogens with one attached hydrogen (secondary N) is 3. The van der Waals surface area contributed by atoms with Gasteiger partial charge in [0.15, 0.2) is 5.96 Å². The molecule has 0 radical (unpaired) electrons. The fourth-order valence-corrected chi connectivity index (χ4v) is 2.18. The summed E-state index contributed by atoms with van der Waals surface area (Å²) in [6.07, 6.45) is 1.50. The van der Waals surface area contributed by atoms with Gasteiger partial charge in [0.25, 0.3) is 5.91 Å². The maximum atomic E-state index is 12.0. The molecule has 2 aromatic rings. The molecule has 25 heavy (non-hydrogen) atoms. The second kappa shape index (κ2) is 10.9. The van der Waals surface area contributed by atoms with Crippen LogP contribution in [0.25, 0.3) is 0 Å². The van der Waals surface area contributed by atoms with Gasteiger partial charge in [-0.2, -0.15) is 5.10 Å². The van der Waals surface area contributed by atoms with Gasteiger partial charge in [-0.15, -0.1) is 24.0 Å². The van der Waals surface area contributed by atoms with E-state index in [2.05, 4.69) is 31.0 Å². The van der Waals surface area contributed by atoms with Crippen molar-refractivity contribution in [3.8, 4) is 0 Å². The van der Waals surface area contributed by atoms with Gasteiger partial charge in [0.1, 0.15) is 12.2 Å². The number of aryl methyl sites for hydroxylation is 1. The van der Waals surface area contributed by atoms with E-state index in [1.165, 1.54) is 6.33 Å². The van der Waals surface area contributed by atoms with Gasteiger partial charge in [0, 0.05) is 27.2 Å². The maximum absolute atomic E-state index is 12.0. The minimum absolute atomic E-state index is 0. The third-order valence-electron chi connectivity index (χ3n) is 3.26. The highest BCUT2D eigenvalue weighted by atomic mass is 127. The van der Waals surface area contributed by atoms with Gasteiger partial charge in [-0.3, -0.25) is 14.5 Å². The number of nitrogens with zero attached hydrogens (tertiary/aromatic N) is 4. The molecule has 0 aliphatic rings. The average Bonchev–Trinajstić information content (AvgIpc) is 2.99. The largest absolute Gasteiger partial charge is 0.355 e. The number of aromatic nitrogens is 3. The van der Waals surface area contributed by atoms with Crippen LogP contribution in [0.15, 0.2) is 35.6 Å². The Bertz CT molecular complexity index is 719. The van der Waals surface area contributed by atoms with Crippen LogP contribution in [-0.2, 0) is 13.6 Å². The lowest BCUT2D eigenvalue weighted by atomic mass is 10.2. The second-order valence-corrected chi connectivity index (χ2v) is 5.30. The van der Waals surface area contributed by atoms with Crippen molar-refractivity contribution >= 4 is 47.4 Å². The average molecular weight is 478 g/mol. The number of rotatable bonds is 6.